The van der Waals surface area contributed by atoms with Crippen molar-refractivity contribution in [2.24, 2.45) is 0 Å². The second-order valence-corrected chi connectivity index (χ2v) is 6.75. The summed E-state index contributed by atoms with van der Waals surface area (Å²) in [7, 11) is 0. The summed E-state index contributed by atoms with van der Waals surface area (Å²) in [6.45, 7) is 5.74. The number of piperazine rings is 1. The van der Waals surface area contributed by atoms with Crippen LogP contribution in [0.1, 0.15) is 35.7 Å². The summed E-state index contributed by atoms with van der Waals surface area (Å²) in [5.74, 6) is -0.00287. The predicted octanol–water partition coefficient (Wildman–Crippen LogP) is 0.911. The van der Waals surface area contributed by atoms with Gasteiger partial charge in [0.15, 0.2) is 0 Å². The number of hydrogen-bond donors (Lipinski definition) is 3. The Kier molecular flexibility index (Phi) is 7.23. The molecule has 6 nitrogen and oxygen atoms in total. The van der Waals surface area contributed by atoms with Crippen LogP contribution in [0.25, 0.3) is 0 Å². The number of amides is 2. The normalized spacial score (nSPS) is 20.4. The Hall–Kier alpha value is -1.63. The number of rotatable bonds is 6. The molecule has 1 saturated heterocycles. The third kappa shape index (κ3) is 5.99. The van der Waals surface area contributed by atoms with Gasteiger partial charge in [-0.3, -0.25) is 14.5 Å². The Morgan fingerprint density at radius 2 is 2.12 bits per heavy atom. The Balaban J connectivity index is 0.00000225. The molecular weight excluding hydrogens is 340 g/mol. The molecule has 0 bridgehead atoms. The lowest BCUT2D eigenvalue weighted by Crippen LogP contribution is -2.52. The number of carbonyl (C=O) groups is 2. The van der Waals surface area contributed by atoms with Crippen LogP contribution in [0.15, 0.2) is 24.3 Å². The first kappa shape index (κ1) is 19.7. The van der Waals surface area contributed by atoms with Gasteiger partial charge >= 0.3 is 0 Å². The van der Waals surface area contributed by atoms with Gasteiger partial charge in [0.2, 0.25) is 5.91 Å². The third-order valence-electron chi connectivity index (χ3n) is 4.58. The molecule has 0 spiro atoms. The number of hydrogen-bond acceptors (Lipinski definition) is 4. The summed E-state index contributed by atoms with van der Waals surface area (Å²) < 4.78 is 0. The van der Waals surface area contributed by atoms with E-state index in [0.717, 1.165) is 38.0 Å². The van der Waals surface area contributed by atoms with Crippen molar-refractivity contribution in [3.8, 4) is 0 Å². The van der Waals surface area contributed by atoms with Gasteiger partial charge in [0, 0.05) is 43.8 Å². The van der Waals surface area contributed by atoms with Crippen LogP contribution in [0, 0.1) is 0 Å². The number of halogens is 1. The Bertz CT molecular complexity index is 606. The van der Waals surface area contributed by atoms with Gasteiger partial charge in [-0.25, -0.2) is 0 Å². The van der Waals surface area contributed by atoms with Crippen LogP contribution in [0.2, 0.25) is 0 Å². The van der Waals surface area contributed by atoms with E-state index < -0.39 is 0 Å². The van der Waals surface area contributed by atoms with E-state index in [4.69, 9.17) is 0 Å². The van der Waals surface area contributed by atoms with Crippen molar-refractivity contribution in [3.05, 3.63) is 35.4 Å². The number of carbonyl (C=O) groups excluding carboxylic acids is 2. The Morgan fingerprint density at radius 1 is 1.32 bits per heavy atom. The number of nitrogens with zero attached hydrogens (tertiary/aromatic N) is 1. The van der Waals surface area contributed by atoms with Gasteiger partial charge in [-0.15, -0.1) is 12.4 Å². The SMILES string of the molecule is C[C@H]1CNCCN1CC(=O)NCc1cccc(C(=O)NC2CC2)c1.Cl. The van der Waals surface area contributed by atoms with E-state index in [1.54, 1.807) is 0 Å². The molecule has 1 atom stereocenters. The number of nitrogens with one attached hydrogen (secondary N) is 3. The second-order valence-electron chi connectivity index (χ2n) is 6.75. The maximum Gasteiger partial charge on any atom is 0.251 e. The summed E-state index contributed by atoms with van der Waals surface area (Å²) in [5, 5.41) is 9.25. The van der Waals surface area contributed by atoms with Crippen molar-refractivity contribution in [1.82, 2.24) is 20.9 Å². The molecule has 25 heavy (non-hydrogen) atoms. The summed E-state index contributed by atoms with van der Waals surface area (Å²) in [5.41, 5.74) is 1.60. The zero-order chi connectivity index (χ0) is 16.9. The minimum Gasteiger partial charge on any atom is -0.351 e. The lowest BCUT2D eigenvalue weighted by atomic mass is 10.1. The maximum absolute atomic E-state index is 12.2. The van der Waals surface area contributed by atoms with Crippen molar-refractivity contribution in [3.63, 3.8) is 0 Å². The molecule has 2 aliphatic rings. The van der Waals surface area contributed by atoms with Gasteiger partial charge in [0.05, 0.1) is 6.54 Å². The van der Waals surface area contributed by atoms with E-state index in [2.05, 4.69) is 27.8 Å². The van der Waals surface area contributed by atoms with Crippen LogP contribution in [0.4, 0.5) is 0 Å². The van der Waals surface area contributed by atoms with Crippen LogP contribution in [0.5, 0.6) is 0 Å². The van der Waals surface area contributed by atoms with Crippen molar-refractivity contribution < 1.29 is 9.59 Å². The second kappa shape index (κ2) is 9.17. The van der Waals surface area contributed by atoms with E-state index in [-0.39, 0.29) is 24.2 Å². The summed E-state index contributed by atoms with van der Waals surface area (Å²) in [4.78, 5) is 26.4. The Labute approximate surface area is 155 Å². The largest absolute Gasteiger partial charge is 0.351 e. The van der Waals surface area contributed by atoms with Crippen molar-refractivity contribution in [2.45, 2.75) is 38.4 Å². The molecule has 0 radical (unpaired) electrons. The average molecular weight is 367 g/mol. The smallest absolute Gasteiger partial charge is 0.251 e. The maximum atomic E-state index is 12.2. The first-order valence-electron chi connectivity index (χ1n) is 8.73. The van der Waals surface area contributed by atoms with E-state index in [9.17, 15) is 9.59 Å². The van der Waals surface area contributed by atoms with Crippen LogP contribution in [-0.2, 0) is 11.3 Å². The summed E-state index contributed by atoms with van der Waals surface area (Å²) in [6.07, 6.45) is 2.15. The van der Waals surface area contributed by atoms with E-state index in [1.807, 2.05) is 24.3 Å². The molecular formula is C18H27ClN4O2. The van der Waals surface area contributed by atoms with Crippen LogP contribution in [-0.4, -0.2) is 55.0 Å². The van der Waals surface area contributed by atoms with Crippen LogP contribution >= 0.6 is 12.4 Å². The molecule has 3 N–H and O–H groups in total. The van der Waals surface area contributed by atoms with Crippen molar-refractivity contribution in [2.75, 3.05) is 26.2 Å². The third-order valence-corrected chi connectivity index (χ3v) is 4.58. The number of benzene rings is 1. The highest BCUT2D eigenvalue weighted by molar-refractivity contribution is 5.94. The predicted molar refractivity (Wildman–Crippen MR) is 99.9 cm³/mol. The Morgan fingerprint density at radius 3 is 2.84 bits per heavy atom. The summed E-state index contributed by atoms with van der Waals surface area (Å²) >= 11 is 0. The molecule has 1 heterocycles. The fourth-order valence-electron chi connectivity index (χ4n) is 2.88. The fraction of sp³-hybridized carbons (Fsp3) is 0.556. The lowest BCUT2D eigenvalue weighted by Gasteiger charge is -2.33. The van der Waals surface area contributed by atoms with Gasteiger partial charge < -0.3 is 16.0 Å². The van der Waals surface area contributed by atoms with Crippen LogP contribution in [0.3, 0.4) is 0 Å². The first-order valence-corrected chi connectivity index (χ1v) is 8.73. The zero-order valence-electron chi connectivity index (χ0n) is 14.6. The quantitative estimate of drug-likeness (QED) is 0.699. The molecule has 7 heteroatoms. The first-order chi connectivity index (χ1) is 11.6. The molecule has 1 aliphatic heterocycles. The minimum absolute atomic E-state index is 0. The monoisotopic (exact) mass is 366 g/mol. The summed E-state index contributed by atoms with van der Waals surface area (Å²) in [6, 6.07) is 8.18. The van der Waals surface area contributed by atoms with Crippen molar-refractivity contribution in [1.29, 1.82) is 0 Å². The zero-order valence-corrected chi connectivity index (χ0v) is 15.4. The van der Waals surface area contributed by atoms with Gasteiger partial charge in [-0.2, -0.15) is 0 Å². The minimum atomic E-state index is -0.0275. The molecule has 1 saturated carbocycles. The molecule has 0 unspecified atom stereocenters. The highest BCUT2D eigenvalue weighted by atomic mass is 35.5. The van der Waals surface area contributed by atoms with Crippen LogP contribution < -0.4 is 16.0 Å². The van der Waals surface area contributed by atoms with Gasteiger partial charge in [-0.1, -0.05) is 12.1 Å². The van der Waals surface area contributed by atoms with Gasteiger partial charge in [0.1, 0.15) is 0 Å². The molecule has 138 valence electrons. The molecule has 1 aromatic rings. The van der Waals surface area contributed by atoms with E-state index in [0.29, 0.717) is 30.7 Å². The standard InChI is InChI=1S/C18H26N4O2.ClH/c1-13-10-19-7-8-22(13)12-17(23)20-11-14-3-2-4-15(9-14)18(24)21-16-5-6-16;/h2-4,9,13,16,19H,5-8,10-12H2,1H3,(H,20,23)(H,21,24);1H/t13-;/m0./s1. The van der Waals surface area contributed by atoms with Crippen molar-refractivity contribution >= 4 is 24.2 Å². The molecule has 2 amide bonds. The highest BCUT2D eigenvalue weighted by Gasteiger charge is 2.24. The average Bonchev–Trinajstić information content (AvgIpc) is 3.39. The van der Waals surface area contributed by atoms with E-state index in [1.165, 1.54) is 0 Å². The van der Waals surface area contributed by atoms with E-state index >= 15 is 0 Å². The molecule has 1 aliphatic carbocycles. The van der Waals surface area contributed by atoms with Gasteiger partial charge in [-0.05, 0) is 37.5 Å². The van der Waals surface area contributed by atoms with Gasteiger partial charge in [0.25, 0.3) is 5.91 Å². The topological polar surface area (TPSA) is 73.5 Å². The highest BCUT2D eigenvalue weighted by Crippen LogP contribution is 2.19. The molecule has 2 fully saturated rings. The molecule has 1 aromatic carbocycles. The fourth-order valence-corrected chi connectivity index (χ4v) is 2.88. The molecule has 3 rings (SSSR count). The lowest BCUT2D eigenvalue weighted by molar-refractivity contribution is -0.123. The molecule has 0 aromatic heterocycles.